The second kappa shape index (κ2) is 6.92. The molecule has 112 valence electrons. The summed E-state index contributed by atoms with van der Waals surface area (Å²) in [6.07, 6.45) is 1.03. The number of nitrogen functional groups attached to an aromatic ring is 1. The number of hydrogen-bond donors (Lipinski definition) is 3. The Balaban J connectivity index is 2.10. The molecule has 0 aliphatic carbocycles. The first kappa shape index (κ1) is 15.1. The summed E-state index contributed by atoms with van der Waals surface area (Å²) in [6, 6.07) is 10.5. The molecule has 1 unspecified atom stereocenters. The average Bonchev–Trinajstić information content (AvgIpc) is 2.45. The van der Waals surface area contributed by atoms with Crippen molar-refractivity contribution >= 4 is 17.6 Å². The molecule has 0 saturated carbocycles. The smallest absolute Gasteiger partial charge is 0.223 e. The molecular formula is C16H23N5. The Kier molecular flexibility index (Phi) is 4.98. The second-order valence-corrected chi connectivity index (χ2v) is 5.20. The Hall–Kier alpha value is -2.30. The van der Waals surface area contributed by atoms with E-state index in [9.17, 15) is 0 Å². The third kappa shape index (κ3) is 4.34. The van der Waals surface area contributed by atoms with Gasteiger partial charge in [0.25, 0.3) is 0 Å². The Morgan fingerprint density at radius 2 is 1.81 bits per heavy atom. The Morgan fingerprint density at radius 3 is 2.48 bits per heavy atom. The number of anilines is 3. The van der Waals surface area contributed by atoms with E-state index in [-0.39, 0.29) is 12.0 Å². The molecule has 2 aromatic rings. The molecule has 0 bridgehead atoms. The van der Waals surface area contributed by atoms with Crippen LogP contribution >= 0.6 is 0 Å². The molecule has 5 nitrogen and oxygen atoms in total. The highest BCUT2D eigenvalue weighted by molar-refractivity contribution is 5.52. The minimum absolute atomic E-state index is 0.152. The number of nitrogens with zero attached hydrogens (tertiary/aromatic N) is 2. The number of aryl methyl sites for hydroxylation is 1. The van der Waals surface area contributed by atoms with Gasteiger partial charge in [-0.05, 0) is 25.8 Å². The lowest BCUT2D eigenvalue weighted by molar-refractivity contribution is 0.871. The van der Waals surface area contributed by atoms with Gasteiger partial charge in [0.15, 0.2) is 0 Å². The molecule has 21 heavy (non-hydrogen) atoms. The van der Waals surface area contributed by atoms with E-state index < -0.39 is 0 Å². The zero-order valence-corrected chi connectivity index (χ0v) is 12.9. The van der Waals surface area contributed by atoms with Crippen LogP contribution in [0.1, 0.15) is 37.4 Å². The third-order valence-corrected chi connectivity index (χ3v) is 3.24. The maximum Gasteiger partial charge on any atom is 0.223 e. The molecule has 5 heteroatoms. The van der Waals surface area contributed by atoms with Gasteiger partial charge >= 0.3 is 0 Å². The molecule has 2 rings (SSSR count). The van der Waals surface area contributed by atoms with E-state index in [1.54, 1.807) is 0 Å². The first-order valence-corrected chi connectivity index (χ1v) is 7.30. The van der Waals surface area contributed by atoms with Gasteiger partial charge in [0.2, 0.25) is 5.95 Å². The first-order valence-electron chi connectivity index (χ1n) is 7.30. The van der Waals surface area contributed by atoms with Crippen molar-refractivity contribution in [1.82, 2.24) is 9.97 Å². The molecule has 4 N–H and O–H groups in total. The largest absolute Gasteiger partial charge is 0.370 e. The van der Waals surface area contributed by atoms with Crippen molar-refractivity contribution in [3.8, 4) is 0 Å². The van der Waals surface area contributed by atoms with Crippen molar-refractivity contribution < 1.29 is 0 Å². The van der Waals surface area contributed by atoms with Crippen LogP contribution < -0.4 is 16.4 Å². The number of hydrogen-bond acceptors (Lipinski definition) is 5. The van der Waals surface area contributed by atoms with Gasteiger partial charge < -0.3 is 16.4 Å². The Morgan fingerprint density at radius 1 is 1.14 bits per heavy atom. The molecule has 0 fully saturated rings. The van der Waals surface area contributed by atoms with Crippen LogP contribution in [0, 0.1) is 6.92 Å². The highest BCUT2D eigenvalue weighted by Gasteiger charge is 2.08. The zero-order valence-electron chi connectivity index (χ0n) is 12.9. The summed E-state index contributed by atoms with van der Waals surface area (Å²) in [5.74, 6) is 1.76. The van der Waals surface area contributed by atoms with Gasteiger partial charge in [0.1, 0.15) is 11.6 Å². The lowest BCUT2D eigenvalue weighted by Crippen LogP contribution is -2.11. The fraction of sp³-hybridized carbons (Fsp3) is 0.375. The lowest BCUT2D eigenvalue weighted by Gasteiger charge is -2.16. The molecule has 0 amide bonds. The van der Waals surface area contributed by atoms with Crippen LogP contribution in [0.5, 0.6) is 0 Å². The fourth-order valence-electron chi connectivity index (χ4n) is 2.04. The molecule has 1 atom stereocenters. The monoisotopic (exact) mass is 285 g/mol. The standard InChI is InChI=1S/C16H23N5/c1-4-9-18-14-10-15(21-16(17)20-14)19-12(3)13-7-5-11(2)6-8-13/h5-8,10,12H,4,9H2,1-3H3,(H4,17,18,19,20,21). The van der Waals surface area contributed by atoms with E-state index in [1.807, 2.05) is 6.07 Å². The molecular weight excluding hydrogens is 262 g/mol. The molecule has 1 heterocycles. The number of aromatic nitrogens is 2. The molecule has 0 aliphatic heterocycles. The van der Waals surface area contributed by atoms with Gasteiger partial charge in [0, 0.05) is 18.7 Å². The van der Waals surface area contributed by atoms with Crippen LogP contribution in [0.2, 0.25) is 0 Å². The third-order valence-electron chi connectivity index (χ3n) is 3.24. The maximum absolute atomic E-state index is 5.76. The van der Waals surface area contributed by atoms with Gasteiger partial charge in [-0.1, -0.05) is 36.8 Å². The molecule has 1 aromatic heterocycles. The Bertz CT molecular complexity index is 580. The minimum atomic E-state index is 0.152. The summed E-state index contributed by atoms with van der Waals surface area (Å²) in [7, 11) is 0. The van der Waals surface area contributed by atoms with Crippen LogP contribution in [-0.2, 0) is 0 Å². The normalized spacial score (nSPS) is 12.0. The number of nitrogens with two attached hydrogens (primary N) is 1. The van der Waals surface area contributed by atoms with Crippen LogP contribution in [0.3, 0.4) is 0 Å². The SMILES string of the molecule is CCCNc1cc(NC(C)c2ccc(C)cc2)nc(N)n1. The molecule has 0 spiro atoms. The maximum atomic E-state index is 5.76. The van der Waals surface area contributed by atoms with Crippen LogP contribution in [0.25, 0.3) is 0 Å². The number of rotatable bonds is 6. The summed E-state index contributed by atoms with van der Waals surface area (Å²) < 4.78 is 0. The zero-order chi connectivity index (χ0) is 15.2. The van der Waals surface area contributed by atoms with E-state index in [1.165, 1.54) is 11.1 Å². The first-order chi connectivity index (χ1) is 10.1. The molecule has 0 aliphatic rings. The summed E-state index contributed by atoms with van der Waals surface area (Å²) in [6.45, 7) is 7.15. The molecule has 1 aromatic carbocycles. The van der Waals surface area contributed by atoms with Crippen molar-refractivity contribution in [1.29, 1.82) is 0 Å². The minimum Gasteiger partial charge on any atom is -0.370 e. The van der Waals surface area contributed by atoms with E-state index in [4.69, 9.17) is 5.73 Å². The highest BCUT2D eigenvalue weighted by Crippen LogP contribution is 2.20. The van der Waals surface area contributed by atoms with E-state index in [0.717, 1.165) is 24.6 Å². The van der Waals surface area contributed by atoms with Crippen molar-refractivity contribution in [2.75, 3.05) is 22.9 Å². The Labute approximate surface area is 126 Å². The van der Waals surface area contributed by atoms with Crippen molar-refractivity contribution in [2.45, 2.75) is 33.2 Å². The summed E-state index contributed by atoms with van der Waals surface area (Å²) >= 11 is 0. The lowest BCUT2D eigenvalue weighted by atomic mass is 10.1. The van der Waals surface area contributed by atoms with Crippen molar-refractivity contribution in [2.24, 2.45) is 0 Å². The summed E-state index contributed by atoms with van der Waals surface area (Å²) in [5.41, 5.74) is 8.23. The highest BCUT2D eigenvalue weighted by atomic mass is 15.1. The predicted octanol–water partition coefficient (Wildman–Crippen LogP) is 3.36. The van der Waals surface area contributed by atoms with E-state index in [0.29, 0.717) is 0 Å². The quantitative estimate of drug-likeness (QED) is 0.758. The van der Waals surface area contributed by atoms with Crippen LogP contribution in [0.4, 0.5) is 17.6 Å². The topological polar surface area (TPSA) is 75.9 Å². The van der Waals surface area contributed by atoms with Crippen molar-refractivity contribution in [3.05, 3.63) is 41.5 Å². The van der Waals surface area contributed by atoms with Gasteiger partial charge in [-0.25, -0.2) is 0 Å². The van der Waals surface area contributed by atoms with Gasteiger partial charge in [-0.15, -0.1) is 0 Å². The number of benzene rings is 1. The summed E-state index contributed by atoms with van der Waals surface area (Å²) in [4.78, 5) is 8.42. The average molecular weight is 285 g/mol. The van der Waals surface area contributed by atoms with E-state index >= 15 is 0 Å². The number of nitrogens with one attached hydrogen (secondary N) is 2. The van der Waals surface area contributed by atoms with Gasteiger partial charge in [-0.2, -0.15) is 9.97 Å². The van der Waals surface area contributed by atoms with Gasteiger partial charge in [-0.3, -0.25) is 0 Å². The summed E-state index contributed by atoms with van der Waals surface area (Å²) in [5, 5.41) is 6.59. The second-order valence-electron chi connectivity index (χ2n) is 5.20. The molecule has 0 radical (unpaired) electrons. The predicted molar refractivity (Wildman–Crippen MR) is 88.4 cm³/mol. The fourth-order valence-corrected chi connectivity index (χ4v) is 2.04. The van der Waals surface area contributed by atoms with Crippen LogP contribution in [-0.4, -0.2) is 16.5 Å². The van der Waals surface area contributed by atoms with Crippen LogP contribution in [0.15, 0.2) is 30.3 Å². The molecule has 0 saturated heterocycles. The van der Waals surface area contributed by atoms with Gasteiger partial charge in [0.05, 0.1) is 0 Å². The van der Waals surface area contributed by atoms with Crippen molar-refractivity contribution in [3.63, 3.8) is 0 Å². The van der Waals surface area contributed by atoms with E-state index in [2.05, 4.69) is 65.6 Å².